The zero-order valence-corrected chi connectivity index (χ0v) is 12.3. The van der Waals surface area contributed by atoms with Gasteiger partial charge in [-0.25, -0.2) is 0 Å². The Balaban J connectivity index is 1.70. The third kappa shape index (κ3) is 2.74. The smallest absolute Gasteiger partial charge is 0.0934 e. The highest BCUT2D eigenvalue weighted by molar-refractivity contribution is 7.16. The summed E-state index contributed by atoms with van der Waals surface area (Å²) in [5.74, 6) is 0. The van der Waals surface area contributed by atoms with Crippen LogP contribution in [0.1, 0.15) is 49.1 Å². The number of ether oxygens (including phenoxy) is 1. The summed E-state index contributed by atoms with van der Waals surface area (Å²) < 4.78 is 6.55. The van der Waals surface area contributed by atoms with Gasteiger partial charge in [-0.1, -0.05) is 11.6 Å². The van der Waals surface area contributed by atoms with Gasteiger partial charge in [0.15, 0.2) is 0 Å². The minimum absolute atomic E-state index is 0.394. The van der Waals surface area contributed by atoms with Crippen LogP contribution in [0.5, 0.6) is 0 Å². The molecule has 1 aromatic heterocycles. The molecule has 0 aromatic carbocycles. The van der Waals surface area contributed by atoms with Gasteiger partial charge >= 0.3 is 0 Å². The van der Waals surface area contributed by atoms with Crippen molar-refractivity contribution >= 4 is 22.9 Å². The van der Waals surface area contributed by atoms with E-state index in [9.17, 15) is 0 Å². The standard InChI is InChI=1S/C14H20ClNOS/c1-9-7-10(5-6-17-9)16-12-3-2-4-13-11(12)8-14(15)18-13/h8-10,12,16H,2-7H2,1H3. The molecule has 2 heterocycles. The summed E-state index contributed by atoms with van der Waals surface area (Å²) in [6.45, 7) is 3.06. The molecule has 3 unspecified atom stereocenters. The van der Waals surface area contributed by atoms with Crippen molar-refractivity contribution in [2.75, 3.05) is 6.61 Å². The van der Waals surface area contributed by atoms with E-state index in [1.54, 1.807) is 11.3 Å². The SMILES string of the molecule is CC1CC(NC2CCCc3sc(Cl)cc32)CCO1. The molecule has 18 heavy (non-hydrogen) atoms. The van der Waals surface area contributed by atoms with Crippen molar-refractivity contribution in [2.45, 2.75) is 57.2 Å². The fourth-order valence-electron chi connectivity index (χ4n) is 3.13. The number of rotatable bonds is 2. The Hall–Kier alpha value is -0.0900. The molecule has 1 fully saturated rings. The number of hydrogen-bond acceptors (Lipinski definition) is 3. The summed E-state index contributed by atoms with van der Waals surface area (Å²) in [6.07, 6.45) is 6.38. The molecular weight excluding hydrogens is 266 g/mol. The monoisotopic (exact) mass is 285 g/mol. The minimum Gasteiger partial charge on any atom is -0.378 e. The zero-order chi connectivity index (χ0) is 12.5. The maximum absolute atomic E-state index is 6.15. The average molecular weight is 286 g/mol. The first-order valence-electron chi connectivity index (χ1n) is 6.88. The number of nitrogens with one attached hydrogen (secondary N) is 1. The second-order valence-electron chi connectivity index (χ2n) is 5.44. The van der Waals surface area contributed by atoms with Crippen molar-refractivity contribution < 1.29 is 4.74 Å². The first-order valence-corrected chi connectivity index (χ1v) is 8.07. The molecule has 1 aliphatic heterocycles. The first kappa shape index (κ1) is 12.9. The van der Waals surface area contributed by atoms with Crippen molar-refractivity contribution in [2.24, 2.45) is 0 Å². The lowest BCUT2D eigenvalue weighted by Gasteiger charge is -2.33. The number of hydrogen-bond donors (Lipinski definition) is 1. The van der Waals surface area contributed by atoms with Crippen molar-refractivity contribution in [3.8, 4) is 0 Å². The van der Waals surface area contributed by atoms with E-state index in [0.29, 0.717) is 18.2 Å². The van der Waals surface area contributed by atoms with Crippen molar-refractivity contribution in [3.63, 3.8) is 0 Å². The van der Waals surface area contributed by atoms with Gasteiger partial charge in [-0.15, -0.1) is 11.3 Å². The largest absolute Gasteiger partial charge is 0.378 e. The van der Waals surface area contributed by atoms with Gasteiger partial charge in [0.2, 0.25) is 0 Å². The fourth-order valence-corrected chi connectivity index (χ4v) is 4.51. The van der Waals surface area contributed by atoms with E-state index in [4.69, 9.17) is 16.3 Å². The summed E-state index contributed by atoms with van der Waals surface area (Å²) >= 11 is 7.91. The third-order valence-electron chi connectivity index (χ3n) is 4.01. The molecule has 1 N–H and O–H groups in total. The molecule has 0 bridgehead atoms. The van der Waals surface area contributed by atoms with Gasteiger partial charge in [0.1, 0.15) is 0 Å². The van der Waals surface area contributed by atoms with Crippen LogP contribution in [0.4, 0.5) is 0 Å². The van der Waals surface area contributed by atoms with Gasteiger partial charge in [0, 0.05) is 23.6 Å². The molecule has 4 heteroatoms. The lowest BCUT2D eigenvalue weighted by atomic mass is 9.92. The van der Waals surface area contributed by atoms with E-state index in [1.807, 2.05) is 0 Å². The number of halogens is 1. The molecule has 0 radical (unpaired) electrons. The second-order valence-corrected chi connectivity index (χ2v) is 7.21. The van der Waals surface area contributed by atoms with Crippen LogP contribution >= 0.6 is 22.9 Å². The quantitative estimate of drug-likeness (QED) is 0.889. The highest BCUT2D eigenvalue weighted by Crippen LogP contribution is 2.38. The van der Waals surface area contributed by atoms with Gasteiger partial charge < -0.3 is 10.1 Å². The van der Waals surface area contributed by atoms with Crippen LogP contribution in [0.3, 0.4) is 0 Å². The van der Waals surface area contributed by atoms with Gasteiger partial charge in [-0.05, 0) is 50.7 Å². The molecule has 2 nitrogen and oxygen atoms in total. The molecule has 100 valence electrons. The van der Waals surface area contributed by atoms with E-state index in [2.05, 4.69) is 18.3 Å². The molecule has 0 saturated carbocycles. The first-order chi connectivity index (χ1) is 8.72. The minimum atomic E-state index is 0.394. The van der Waals surface area contributed by atoms with Crippen LogP contribution in [0.25, 0.3) is 0 Å². The highest BCUT2D eigenvalue weighted by Gasteiger charge is 2.27. The maximum Gasteiger partial charge on any atom is 0.0934 e. The Morgan fingerprint density at radius 1 is 1.44 bits per heavy atom. The fraction of sp³-hybridized carbons (Fsp3) is 0.714. The molecule has 2 aliphatic rings. The molecule has 1 aliphatic carbocycles. The summed E-state index contributed by atoms with van der Waals surface area (Å²) in [6, 6.07) is 3.28. The van der Waals surface area contributed by atoms with Gasteiger partial charge in [0.25, 0.3) is 0 Å². The average Bonchev–Trinajstić information content (AvgIpc) is 2.71. The van der Waals surface area contributed by atoms with E-state index >= 15 is 0 Å². The summed E-state index contributed by atoms with van der Waals surface area (Å²) in [4.78, 5) is 1.49. The summed E-state index contributed by atoms with van der Waals surface area (Å²) in [5.41, 5.74) is 1.45. The van der Waals surface area contributed by atoms with Gasteiger partial charge in [0.05, 0.1) is 10.4 Å². The van der Waals surface area contributed by atoms with Crippen LogP contribution < -0.4 is 5.32 Å². The van der Waals surface area contributed by atoms with Gasteiger partial charge in [-0.3, -0.25) is 0 Å². The van der Waals surface area contributed by atoms with Crippen molar-refractivity contribution in [1.29, 1.82) is 0 Å². The third-order valence-corrected chi connectivity index (χ3v) is 5.35. The molecule has 0 amide bonds. The van der Waals surface area contributed by atoms with Gasteiger partial charge in [-0.2, -0.15) is 0 Å². The van der Waals surface area contributed by atoms with E-state index < -0.39 is 0 Å². The van der Waals surface area contributed by atoms with Crippen LogP contribution in [-0.4, -0.2) is 18.8 Å². The number of thiophene rings is 1. The Morgan fingerprint density at radius 2 is 2.33 bits per heavy atom. The second kappa shape index (κ2) is 5.49. The highest BCUT2D eigenvalue weighted by atomic mass is 35.5. The molecule has 1 saturated heterocycles. The van der Waals surface area contributed by atoms with Crippen LogP contribution in [0, 0.1) is 0 Å². The van der Waals surface area contributed by atoms with E-state index in [1.165, 1.54) is 29.7 Å². The molecular formula is C14H20ClNOS. The summed E-state index contributed by atoms with van der Waals surface area (Å²) in [5, 5.41) is 3.83. The topological polar surface area (TPSA) is 21.3 Å². The molecule has 0 spiro atoms. The van der Waals surface area contributed by atoms with Crippen LogP contribution in [0.2, 0.25) is 4.34 Å². The van der Waals surface area contributed by atoms with Crippen LogP contribution in [0.15, 0.2) is 6.07 Å². The van der Waals surface area contributed by atoms with E-state index in [0.717, 1.165) is 23.8 Å². The van der Waals surface area contributed by atoms with Crippen molar-refractivity contribution in [3.05, 3.63) is 20.8 Å². The van der Waals surface area contributed by atoms with Crippen LogP contribution in [-0.2, 0) is 11.2 Å². The normalized spacial score (nSPS) is 32.2. The predicted octanol–water partition coefficient (Wildman–Crippen LogP) is 3.94. The predicted molar refractivity (Wildman–Crippen MR) is 76.6 cm³/mol. The molecule has 3 atom stereocenters. The molecule has 3 rings (SSSR count). The maximum atomic E-state index is 6.15. The molecule has 1 aromatic rings. The number of aryl methyl sites for hydroxylation is 1. The number of fused-ring (bicyclic) bond motifs is 1. The lowest BCUT2D eigenvalue weighted by Crippen LogP contribution is -2.40. The zero-order valence-electron chi connectivity index (χ0n) is 10.7. The Kier molecular flexibility index (Phi) is 3.94. The van der Waals surface area contributed by atoms with Crippen molar-refractivity contribution in [1.82, 2.24) is 5.32 Å². The van der Waals surface area contributed by atoms with E-state index in [-0.39, 0.29) is 0 Å². The Bertz CT molecular complexity index is 420. The summed E-state index contributed by atoms with van der Waals surface area (Å²) in [7, 11) is 0. The Morgan fingerprint density at radius 3 is 3.17 bits per heavy atom. The Labute approximate surface area is 118 Å². The lowest BCUT2D eigenvalue weighted by molar-refractivity contribution is 0.0108.